The van der Waals surface area contributed by atoms with Crippen LogP contribution in [0.2, 0.25) is 0 Å². The van der Waals surface area contributed by atoms with Crippen molar-refractivity contribution in [1.29, 1.82) is 0 Å². The highest BCUT2D eigenvalue weighted by molar-refractivity contribution is 9.10. The number of benzene rings is 1. The van der Waals surface area contributed by atoms with Crippen molar-refractivity contribution in [1.82, 2.24) is 4.72 Å². The first-order valence-electron chi connectivity index (χ1n) is 5.94. The molecule has 3 nitrogen and oxygen atoms in total. The third-order valence-electron chi connectivity index (χ3n) is 3.25. The van der Waals surface area contributed by atoms with Crippen LogP contribution in [0.3, 0.4) is 0 Å². The highest BCUT2D eigenvalue weighted by Crippen LogP contribution is 2.29. The van der Waals surface area contributed by atoms with E-state index < -0.39 is 15.8 Å². The molecule has 0 saturated heterocycles. The smallest absolute Gasteiger partial charge is 0.211 e. The minimum absolute atomic E-state index is 0.0810. The molecule has 0 spiro atoms. The topological polar surface area (TPSA) is 46.2 Å². The van der Waals surface area contributed by atoms with Crippen LogP contribution in [0.15, 0.2) is 27.6 Å². The number of rotatable bonds is 5. The average molecular weight is 336 g/mol. The van der Waals surface area contributed by atoms with E-state index in [1.165, 1.54) is 25.3 Å². The molecule has 0 amide bonds. The van der Waals surface area contributed by atoms with Gasteiger partial charge in [-0.25, -0.2) is 17.5 Å². The lowest BCUT2D eigenvalue weighted by Gasteiger charge is -2.25. The maximum Gasteiger partial charge on any atom is 0.241 e. The zero-order valence-corrected chi connectivity index (χ0v) is 12.2. The average Bonchev–Trinajstić information content (AvgIpc) is 2.21. The molecule has 1 aliphatic carbocycles. The number of halogens is 2. The second kappa shape index (κ2) is 5.67. The summed E-state index contributed by atoms with van der Waals surface area (Å²) in [4.78, 5) is 0.0810. The lowest BCUT2D eigenvalue weighted by molar-refractivity contribution is 0.297. The van der Waals surface area contributed by atoms with Gasteiger partial charge >= 0.3 is 0 Å². The van der Waals surface area contributed by atoms with E-state index in [0.29, 0.717) is 12.5 Å². The first kappa shape index (κ1) is 14.0. The van der Waals surface area contributed by atoms with Crippen LogP contribution in [0, 0.1) is 11.7 Å². The van der Waals surface area contributed by atoms with E-state index in [-0.39, 0.29) is 9.37 Å². The Kier molecular flexibility index (Phi) is 4.40. The van der Waals surface area contributed by atoms with Gasteiger partial charge in [-0.3, -0.25) is 0 Å². The van der Waals surface area contributed by atoms with Crippen molar-refractivity contribution in [3.05, 3.63) is 28.5 Å². The van der Waals surface area contributed by atoms with Gasteiger partial charge in [0.25, 0.3) is 0 Å². The maximum atomic E-state index is 12.9. The summed E-state index contributed by atoms with van der Waals surface area (Å²) in [5.74, 6) is 0.194. The lowest BCUT2D eigenvalue weighted by Crippen LogP contribution is -2.27. The Balaban J connectivity index is 2.00. The standard InChI is InChI=1S/C12H15BrFNO2S/c13-11-8-10(14)4-5-12(11)18(16,17)15-7-6-9-2-1-3-9/h4-5,8-9,15H,1-3,6-7H2. The summed E-state index contributed by atoms with van der Waals surface area (Å²) in [6, 6.07) is 3.57. The molecule has 1 saturated carbocycles. The molecule has 1 N–H and O–H groups in total. The highest BCUT2D eigenvalue weighted by Gasteiger charge is 2.20. The minimum Gasteiger partial charge on any atom is -0.211 e. The second-order valence-electron chi connectivity index (χ2n) is 4.56. The number of nitrogens with one attached hydrogen (secondary N) is 1. The molecule has 100 valence electrons. The van der Waals surface area contributed by atoms with Gasteiger partial charge < -0.3 is 0 Å². The minimum atomic E-state index is -3.55. The summed E-state index contributed by atoms with van der Waals surface area (Å²) in [5, 5.41) is 0. The predicted octanol–water partition coefficient (Wildman–Crippen LogP) is 3.06. The highest BCUT2D eigenvalue weighted by atomic mass is 79.9. The lowest BCUT2D eigenvalue weighted by atomic mass is 9.83. The molecule has 0 aromatic heterocycles. The summed E-state index contributed by atoms with van der Waals surface area (Å²) in [6.45, 7) is 0.441. The van der Waals surface area contributed by atoms with Gasteiger partial charge in [0, 0.05) is 11.0 Å². The van der Waals surface area contributed by atoms with Gasteiger partial charge in [-0.2, -0.15) is 0 Å². The van der Waals surface area contributed by atoms with Gasteiger partial charge in [0.1, 0.15) is 5.82 Å². The van der Waals surface area contributed by atoms with E-state index in [2.05, 4.69) is 20.7 Å². The van der Waals surface area contributed by atoms with Gasteiger partial charge in [-0.05, 0) is 46.5 Å². The molecular weight excluding hydrogens is 321 g/mol. The fourth-order valence-corrected chi connectivity index (χ4v) is 4.04. The number of sulfonamides is 1. The second-order valence-corrected chi connectivity index (χ2v) is 7.15. The molecule has 0 heterocycles. The summed E-state index contributed by atoms with van der Waals surface area (Å²) in [6.07, 6.45) is 4.52. The Morgan fingerprint density at radius 3 is 2.67 bits per heavy atom. The summed E-state index contributed by atoms with van der Waals surface area (Å²) in [5.41, 5.74) is 0. The van der Waals surface area contributed by atoms with Gasteiger partial charge in [0.2, 0.25) is 10.0 Å². The van der Waals surface area contributed by atoms with Crippen molar-refractivity contribution in [2.75, 3.05) is 6.54 Å². The van der Waals surface area contributed by atoms with Crippen molar-refractivity contribution in [3.63, 3.8) is 0 Å². The van der Waals surface area contributed by atoms with Crippen LogP contribution in [0.25, 0.3) is 0 Å². The van der Waals surface area contributed by atoms with Crippen LogP contribution in [-0.2, 0) is 10.0 Å². The van der Waals surface area contributed by atoms with Gasteiger partial charge in [-0.1, -0.05) is 19.3 Å². The molecule has 18 heavy (non-hydrogen) atoms. The van der Waals surface area contributed by atoms with E-state index in [0.717, 1.165) is 18.6 Å². The third-order valence-corrected chi connectivity index (χ3v) is 5.69. The Bertz CT molecular complexity index is 529. The van der Waals surface area contributed by atoms with E-state index in [9.17, 15) is 12.8 Å². The van der Waals surface area contributed by atoms with Crippen molar-refractivity contribution < 1.29 is 12.8 Å². The zero-order chi connectivity index (χ0) is 13.2. The van der Waals surface area contributed by atoms with Crippen LogP contribution in [0.1, 0.15) is 25.7 Å². The Labute approximate surface area is 115 Å². The Hall–Kier alpha value is -0.460. The maximum absolute atomic E-state index is 12.9. The van der Waals surface area contributed by atoms with Gasteiger partial charge in [0.05, 0.1) is 4.90 Å². The van der Waals surface area contributed by atoms with Crippen molar-refractivity contribution in [2.24, 2.45) is 5.92 Å². The molecule has 0 unspecified atom stereocenters. The fraction of sp³-hybridized carbons (Fsp3) is 0.500. The largest absolute Gasteiger partial charge is 0.241 e. The molecule has 0 radical (unpaired) electrons. The molecule has 0 bridgehead atoms. The van der Waals surface area contributed by atoms with Crippen LogP contribution in [0.4, 0.5) is 4.39 Å². The van der Waals surface area contributed by atoms with Crippen LogP contribution in [0.5, 0.6) is 0 Å². The Morgan fingerprint density at radius 2 is 2.11 bits per heavy atom. The first-order valence-corrected chi connectivity index (χ1v) is 8.21. The first-order chi connectivity index (χ1) is 8.49. The van der Waals surface area contributed by atoms with E-state index in [4.69, 9.17) is 0 Å². The monoisotopic (exact) mass is 335 g/mol. The molecule has 1 aliphatic rings. The predicted molar refractivity (Wildman–Crippen MR) is 71.2 cm³/mol. The molecule has 0 aliphatic heterocycles. The fourth-order valence-electron chi connectivity index (χ4n) is 1.95. The van der Waals surface area contributed by atoms with Crippen molar-refractivity contribution >= 4 is 26.0 Å². The van der Waals surface area contributed by atoms with Crippen molar-refractivity contribution in [2.45, 2.75) is 30.6 Å². The van der Waals surface area contributed by atoms with E-state index in [1.807, 2.05) is 0 Å². The SMILES string of the molecule is O=S(=O)(NCCC1CCC1)c1ccc(F)cc1Br. The van der Waals surface area contributed by atoms with Crippen LogP contribution < -0.4 is 4.72 Å². The number of hydrogen-bond donors (Lipinski definition) is 1. The molecule has 0 atom stereocenters. The molecule has 2 rings (SSSR count). The van der Waals surface area contributed by atoms with Crippen LogP contribution >= 0.6 is 15.9 Å². The molecule has 1 aromatic rings. The number of hydrogen-bond acceptors (Lipinski definition) is 2. The molecule has 1 aromatic carbocycles. The zero-order valence-electron chi connectivity index (χ0n) is 9.83. The molecule has 6 heteroatoms. The van der Waals surface area contributed by atoms with Gasteiger partial charge in [0.15, 0.2) is 0 Å². The van der Waals surface area contributed by atoms with Crippen LogP contribution in [-0.4, -0.2) is 15.0 Å². The van der Waals surface area contributed by atoms with Gasteiger partial charge in [-0.15, -0.1) is 0 Å². The Morgan fingerprint density at radius 1 is 1.39 bits per heavy atom. The van der Waals surface area contributed by atoms with E-state index >= 15 is 0 Å². The summed E-state index contributed by atoms with van der Waals surface area (Å²) < 4.78 is 39.7. The molecule has 1 fully saturated rings. The normalized spacial score (nSPS) is 16.6. The summed E-state index contributed by atoms with van der Waals surface area (Å²) >= 11 is 3.07. The van der Waals surface area contributed by atoms with E-state index in [1.54, 1.807) is 0 Å². The molecular formula is C12H15BrFNO2S. The van der Waals surface area contributed by atoms with Crippen molar-refractivity contribution in [3.8, 4) is 0 Å². The quantitative estimate of drug-likeness (QED) is 0.898. The third kappa shape index (κ3) is 3.30. The summed E-state index contributed by atoms with van der Waals surface area (Å²) in [7, 11) is -3.55.